The van der Waals surface area contributed by atoms with E-state index in [4.69, 9.17) is 10.3 Å². The molecule has 0 radical (unpaired) electrons. The molecule has 1 heterocycles. The molecule has 0 fully saturated rings. The number of carbonyl (C=O) groups excluding carboxylic acids is 1. The maximum Gasteiger partial charge on any atom is 0.256 e. The van der Waals surface area contributed by atoms with Crippen LogP contribution in [0.25, 0.3) is 0 Å². The van der Waals surface area contributed by atoms with Gasteiger partial charge in [-0.2, -0.15) is 0 Å². The molecule has 5 nitrogen and oxygen atoms in total. The molecule has 0 aliphatic carbocycles. The number of rotatable bonds is 4. The van der Waals surface area contributed by atoms with E-state index in [2.05, 4.69) is 10.5 Å². The second-order valence-electron chi connectivity index (χ2n) is 2.71. The van der Waals surface area contributed by atoms with Crippen LogP contribution in [0.5, 0.6) is 0 Å². The number of nitrogens with two attached hydrogens (primary N) is 1. The molecule has 0 bridgehead atoms. The molecule has 0 atom stereocenters. The topological polar surface area (TPSA) is 81.2 Å². The van der Waals surface area contributed by atoms with Crippen molar-refractivity contribution in [1.29, 1.82) is 0 Å². The Morgan fingerprint density at radius 3 is 3.07 bits per heavy atom. The fraction of sp³-hybridized carbons (Fsp3) is 0.333. The first kappa shape index (κ1) is 10.5. The molecule has 1 aromatic heterocycles. The van der Waals surface area contributed by atoms with E-state index < -0.39 is 0 Å². The van der Waals surface area contributed by atoms with Gasteiger partial charge in [-0.25, -0.2) is 0 Å². The Labute approximate surface area is 81.9 Å². The zero-order valence-electron chi connectivity index (χ0n) is 7.99. The maximum atomic E-state index is 11.4. The Balaban J connectivity index is 2.44. The molecule has 0 unspecified atom stereocenters. The second kappa shape index (κ2) is 5.18. The van der Waals surface area contributed by atoms with E-state index >= 15 is 0 Å². The van der Waals surface area contributed by atoms with Gasteiger partial charge in [0.2, 0.25) is 0 Å². The highest BCUT2D eigenvalue weighted by molar-refractivity contribution is 5.94. The Bertz CT molecular complexity index is 331. The van der Waals surface area contributed by atoms with E-state index in [0.29, 0.717) is 24.4 Å². The molecule has 3 N–H and O–H groups in total. The van der Waals surface area contributed by atoms with Crippen molar-refractivity contribution in [2.24, 2.45) is 5.73 Å². The number of nitrogens with zero attached hydrogens (tertiary/aromatic N) is 1. The highest BCUT2D eigenvalue weighted by Crippen LogP contribution is 2.04. The van der Waals surface area contributed by atoms with Gasteiger partial charge in [-0.05, 0) is 6.92 Å². The molecule has 0 spiro atoms. The Kier molecular flexibility index (Phi) is 3.87. The summed E-state index contributed by atoms with van der Waals surface area (Å²) in [7, 11) is 0. The molecule has 76 valence electrons. The summed E-state index contributed by atoms with van der Waals surface area (Å²) in [6, 6.07) is 0. The van der Waals surface area contributed by atoms with Crippen LogP contribution in [-0.2, 0) is 0 Å². The van der Waals surface area contributed by atoms with Gasteiger partial charge in [0.25, 0.3) is 5.91 Å². The minimum Gasteiger partial charge on any atom is -0.361 e. The van der Waals surface area contributed by atoms with E-state index in [1.54, 1.807) is 19.1 Å². The summed E-state index contributed by atoms with van der Waals surface area (Å²) < 4.78 is 4.76. The fourth-order valence-corrected chi connectivity index (χ4v) is 0.943. The maximum absolute atomic E-state index is 11.4. The predicted molar refractivity (Wildman–Crippen MR) is 51.8 cm³/mol. The van der Waals surface area contributed by atoms with Crippen LogP contribution in [-0.4, -0.2) is 24.2 Å². The fourth-order valence-electron chi connectivity index (χ4n) is 0.943. The summed E-state index contributed by atoms with van der Waals surface area (Å²) in [6.45, 7) is 2.63. The summed E-state index contributed by atoms with van der Waals surface area (Å²) in [4.78, 5) is 11.4. The zero-order chi connectivity index (χ0) is 10.4. The lowest BCUT2D eigenvalue weighted by molar-refractivity contribution is 0.0956. The Morgan fingerprint density at radius 1 is 1.71 bits per heavy atom. The monoisotopic (exact) mass is 195 g/mol. The lowest BCUT2D eigenvalue weighted by atomic mass is 10.2. The molecule has 1 rings (SSSR count). The second-order valence-corrected chi connectivity index (χ2v) is 2.71. The molecule has 0 aliphatic rings. The molecule has 0 saturated carbocycles. The molecule has 0 saturated heterocycles. The quantitative estimate of drug-likeness (QED) is 0.674. The lowest BCUT2D eigenvalue weighted by Gasteiger charge is -1.98. The molecule has 14 heavy (non-hydrogen) atoms. The minimum atomic E-state index is -0.189. The molecule has 1 aromatic rings. The number of aryl methyl sites for hydroxylation is 1. The molecule has 0 aromatic carbocycles. The third-order valence-electron chi connectivity index (χ3n) is 1.68. The standard InChI is InChI=1S/C9H13N3O2/c1-7-8(6-12-14-7)9(13)11-5-3-2-4-10/h2-3,6H,4-5,10H2,1H3,(H,11,13)/b3-2+. The summed E-state index contributed by atoms with van der Waals surface area (Å²) in [5.74, 6) is 0.329. The lowest BCUT2D eigenvalue weighted by Crippen LogP contribution is -2.23. The van der Waals surface area contributed by atoms with Crippen molar-refractivity contribution in [2.45, 2.75) is 6.92 Å². The van der Waals surface area contributed by atoms with Gasteiger partial charge >= 0.3 is 0 Å². The molecule has 0 aliphatic heterocycles. The van der Waals surface area contributed by atoms with Crippen molar-refractivity contribution < 1.29 is 9.32 Å². The van der Waals surface area contributed by atoms with Crippen molar-refractivity contribution in [3.05, 3.63) is 29.7 Å². The zero-order valence-corrected chi connectivity index (χ0v) is 7.99. The van der Waals surface area contributed by atoms with Crippen LogP contribution >= 0.6 is 0 Å². The molecular weight excluding hydrogens is 182 g/mol. The van der Waals surface area contributed by atoms with Crippen LogP contribution in [0, 0.1) is 6.92 Å². The van der Waals surface area contributed by atoms with Gasteiger partial charge in [-0.3, -0.25) is 4.79 Å². The average molecular weight is 195 g/mol. The molecule has 1 amide bonds. The average Bonchev–Trinajstić information content (AvgIpc) is 2.59. The first-order valence-electron chi connectivity index (χ1n) is 4.30. The van der Waals surface area contributed by atoms with Crippen molar-refractivity contribution in [2.75, 3.05) is 13.1 Å². The number of amides is 1. The number of nitrogens with one attached hydrogen (secondary N) is 1. The van der Waals surface area contributed by atoms with E-state index in [1.165, 1.54) is 6.20 Å². The van der Waals surface area contributed by atoms with E-state index in [0.717, 1.165) is 0 Å². The third-order valence-corrected chi connectivity index (χ3v) is 1.68. The normalized spacial score (nSPS) is 10.7. The molecule has 5 heteroatoms. The van der Waals surface area contributed by atoms with Crippen molar-refractivity contribution in [3.8, 4) is 0 Å². The summed E-state index contributed by atoms with van der Waals surface area (Å²) in [5.41, 5.74) is 5.70. The Hall–Kier alpha value is -1.62. The summed E-state index contributed by atoms with van der Waals surface area (Å²) >= 11 is 0. The Morgan fingerprint density at radius 2 is 2.50 bits per heavy atom. The van der Waals surface area contributed by atoms with Crippen LogP contribution in [0.2, 0.25) is 0 Å². The van der Waals surface area contributed by atoms with Crippen LogP contribution in [0.4, 0.5) is 0 Å². The minimum absolute atomic E-state index is 0.189. The SMILES string of the molecule is Cc1oncc1C(=O)NC/C=C/CN. The van der Waals surface area contributed by atoms with E-state index in [9.17, 15) is 4.79 Å². The van der Waals surface area contributed by atoms with Crippen molar-refractivity contribution in [3.63, 3.8) is 0 Å². The van der Waals surface area contributed by atoms with Crippen LogP contribution in [0.3, 0.4) is 0 Å². The van der Waals surface area contributed by atoms with Crippen LogP contribution in [0.1, 0.15) is 16.1 Å². The van der Waals surface area contributed by atoms with Gasteiger partial charge in [-0.1, -0.05) is 17.3 Å². The van der Waals surface area contributed by atoms with Crippen LogP contribution < -0.4 is 11.1 Å². The van der Waals surface area contributed by atoms with Gasteiger partial charge in [0.1, 0.15) is 11.3 Å². The van der Waals surface area contributed by atoms with Crippen LogP contribution in [0.15, 0.2) is 22.9 Å². The van der Waals surface area contributed by atoms with Crippen molar-refractivity contribution in [1.82, 2.24) is 10.5 Å². The van der Waals surface area contributed by atoms with Gasteiger partial charge in [0.05, 0.1) is 6.20 Å². The van der Waals surface area contributed by atoms with Crippen molar-refractivity contribution >= 4 is 5.91 Å². The first-order valence-corrected chi connectivity index (χ1v) is 4.30. The first-order chi connectivity index (χ1) is 6.75. The van der Waals surface area contributed by atoms with Gasteiger partial charge in [-0.15, -0.1) is 0 Å². The third kappa shape index (κ3) is 2.70. The number of hydrogen-bond donors (Lipinski definition) is 2. The van der Waals surface area contributed by atoms with Gasteiger partial charge in [0.15, 0.2) is 0 Å². The van der Waals surface area contributed by atoms with Gasteiger partial charge in [0, 0.05) is 13.1 Å². The number of aromatic nitrogens is 1. The highest BCUT2D eigenvalue weighted by Gasteiger charge is 2.10. The van der Waals surface area contributed by atoms with E-state index in [-0.39, 0.29) is 5.91 Å². The summed E-state index contributed by atoms with van der Waals surface area (Å²) in [6.07, 6.45) is 4.97. The number of hydrogen-bond acceptors (Lipinski definition) is 4. The van der Waals surface area contributed by atoms with E-state index in [1.807, 2.05) is 0 Å². The largest absolute Gasteiger partial charge is 0.361 e. The predicted octanol–water partition coefficient (Wildman–Crippen LogP) is 0.228. The summed E-state index contributed by atoms with van der Waals surface area (Å²) in [5, 5.41) is 6.19. The van der Waals surface area contributed by atoms with Gasteiger partial charge < -0.3 is 15.6 Å². The smallest absolute Gasteiger partial charge is 0.256 e. The molecular formula is C9H13N3O2. The highest BCUT2D eigenvalue weighted by atomic mass is 16.5. The number of carbonyl (C=O) groups is 1.